The highest BCUT2D eigenvalue weighted by Gasteiger charge is 2.34. The molecule has 0 aliphatic heterocycles. The molecule has 1 aliphatic rings. The zero-order valence-electron chi connectivity index (χ0n) is 10.7. The van der Waals surface area contributed by atoms with E-state index in [0.717, 1.165) is 37.8 Å². The Morgan fingerprint density at radius 3 is 2.32 bits per heavy atom. The Morgan fingerprint density at radius 1 is 1.11 bits per heavy atom. The molecule has 2 rings (SSSR count). The fraction of sp³-hybridized carbons (Fsp3) is 0.571. The second-order valence-corrected chi connectivity index (χ2v) is 5.29. The summed E-state index contributed by atoms with van der Waals surface area (Å²) in [5.41, 5.74) is -0.866. The summed E-state index contributed by atoms with van der Waals surface area (Å²) in [4.78, 5) is 0. The summed E-state index contributed by atoms with van der Waals surface area (Å²) in [6, 6.07) is 3.27. The van der Waals surface area contributed by atoms with E-state index in [-0.39, 0.29) is 6.04 Å². The lowest BCUT2D eigenvalue weighted by Crippen LogP contribution is -2.25. The summed E-state index contributed by atoms with van der Waals surface area (Å²) < 4.78 is 50.9. The van der Waals surface area contributed by atoms with Crippen LogP contribution in [0.5, 0.6) is 0 Å². The minimum atomic E-state index is -4.65. The van der Waals surface area contributed by atoms with E-state index in [9.17, 15) is 17.6 Å². The number of benzene rings is 1. The van der Waals surface area contributed by atoms with Crippen molar-refractivity contribution < 1.29 is 17.6 Å². The van der Waals surface area contributed by atoms with E-state index in [1.807, 2.05) is 0 Å². The van der Waals surface area contributed by atoms with E-state index in [1.54, 1.807) is 0 Å². The maximum absolute atomic E-state index is 13.1. The van der Waals surface area contributed by atoms with Gasteiger partial charge in [-0.25, -0.2) is 4.39 Å². The van der Waals surface area contributed by atoms with Crippen molar-refractivity contribution in [1.82, 2.24) is 0 Å². The highest BCUT2D eigenvalue weighted by Crippen LogP contribution is 2.34. The SMILES string of the molecule is CC1CCC(Nc2ccc(F)c(C(F)(F)F)c2)CC1. The lowest BCUT2D eigenvalue weighted by Gasteiger charge is -2.28. The topological polar surface area (TPSA) is 12.0 Å². The minimum Gasteiger partial charge on any atom is -0.382 e. The number of nitrogens with one attached hydrogen (secondary N) is 1. The Kier molecular flexibility index (Phi) is 4.02. The van der Waals surface area contributed by atoms with E-state index in [1.165, 1.54) is 6.07 Å². The number of anilines is 1. The Hall–Kier alpha value is -1.26. The second kappa shape index (κ2) is 5.39. The minimum absolute atomic E-state index is 0.183. The fourth-order valence-corrected chi connectivity index (χ4v) is 2.47. The van der Waals surface area contributed by atoms with E-state index in [0.29, 0.717) is 11.6 Å². The molecular weight excluding hydrogens is 258 g/mol. The van der Waals surface area contributed by atoms with Crippen LogP contribution in [0.25, 0.3) is 0 Å². The number of hydrogen-bond donors (Lipinski definition) is 1. The van der Waals surface area contributed by atoms with Crippen LogP contribution in [0.1, 0.15) is 38.2 Å². The second-order valence-electron chi connectivity index (χ2n) is 5.29. The van der Waals surface area contributed by atoms with Crippen LogP contribution in [0.4, 0.5) is 23.2 Å². The van der Waals surface area contributed by atoms with Crippen LogP contribution < -0.4 is 5.32 Å². The summed E-state index contributed by atoms with van der Waals surface area (Å²) in [6.45, 7) is 2.18. The highest BCUT2D eigenvalue weighted by atomic mass is 19.4. The van der Waals surface area contributed by atoms with Gasteiger partial charge >= 0.3 is 6.18 Å². The molecule has 0 saturated heterocycles. The van der Waals surface area contributed by atoms with Gasteiger partial charge in [0.15, 0.2) is 0 Å². The van der Waals surface area contributed by atoms with Gasteiger partial charge in [-0.2, -0.15) is 13.2 Å². The molecule has 1 nitrogen and oxygen atoms in total. The van der Waals surface area contributed by atoms with Crippen molar-refractivity contribution in [3.63, 3.8) is 0 Å². The summed E-state index contributed by atoms with van der Waals surface area (Å²) in [5, 5.41) is 3.07. The van der Waals surface area contributed by atoms with Crippen molar-refractivity contribution >= 4 is 5.69 Å². The van der Waals surface area contributed by atoms with Gasteiger partial charge in [0, 0.05) is 11.7 Å². The third-order valence-corrected chi connectivity index (χ3v) is 3.66. The third-order valence-electron chi connectivity index (χ3n) is 3.66. The Morgan fingerprint density at radius 2 is 1.74 bits per heavy atom. The molecule has 0 radical (unpaired) electrons. The summed E-state index contributed by atoms with van der Waals surface area (Å²) in [6.07, 6.45) is -0.612. The summed E-state index contributed by atoms with van der Waals surface area (Å²) in [7, 11) is 0. The Balaban J connectivity index is 2.09. The molecule has 1 aromatic rings. The highest BCUT2D eigenvalue weighted by molar-refractivity contribution is 5.47. The molecule has 0 amide bonds. The number of halogens is 4. The van der Waals surface area contributed by atoms with Crippen molar-refractivity contribution in [2.75, 3.05) is 5.32 Å². The largest absolute Gasteiger partial charge is 0.419 e. The van der Waals surface area contributed by atoms with Gasteiger partial charge in [-0.3, -0.25) is 0 Å². The molecule has 0 atom stereocenters. The van der Waals surface area contributed by atoms with Crippen molar-refractivity contribution in [3.8, 4) is 0 Å². The molecule has 1 aromatic carbocycles. The normalized spacial score (nSPS) is 24.3. The molecule has 0 unspecified atom stereocenters. The molecule has 0 aromatic heterocycles. The maximum Gasteiger partial charge on any atom is 0.419 e. The molecule has 1 N–H and O–H groups in total. The first-order valence-corrected chi connectivity index (χ1v) is 6.49. The fourth-order valence-electron chi connectivity index (χ4n) is 2.47. The van der Waals surface area contributed by atoms with Crippen LogP contribution in [-0.4, -0.2) is 6.04 Å². The van der Waals surface area contributed by atoms with Gasteiger partial charge < -0.3 is 5.32 Å². The van der Waals surface area contributed by atoms with Gasteiger partial charge in [0.2, 0.25) is 0 Å². The van der Waals surface area contributed by atoms with Gasteiger partial charge in [-0.15, -0.1) is 0 Å². The predicted octanol–water partition coefficient (Wildman–Crippen LogP) is 4.84. The quantitative estimate of drug-likeness (QED) is 0.762. The monoisotopic (exact) mass is 275 g/mol. The van der Waals surface area contributed by atoms with Crippen molar-refractivity contribution in [3.05, 3.63) is 29.6 Å². The van der Waals surface area contributed by atoms with Gasteiger partial charge in [-0.05, 0) is 49.8 Å². The first-order chi connectivity index (χ1) is 8.86. The van der Waals surface area contributed by atoms with Gasteiger partial charge in [0.1, 0.15) is 5.82 Å². The molecule has 0 bridgehead atoms. The van der Waals surface area contributed by atoms with Gasteiger partial charge in [0.25, 0.3) is 0 Å². The standard InChI is InChI=1S/C14H17F4N/c1-9-2-4-10(5-3-9)19-11-6-7-13(15)12(8-11)14(16,17)18/h6-10,19H,2-5H2,1H3. The maximum atomic E-state index is 13.1. The molecule has 0 heterocycles. The first kappa shape index (κ1) is 14.2. The van der Waals surface area contributed by atoms with E-state index in [2.05, 4.69) is 12.2 Å². The Labute approximate surface area is 110 Å². The molecule has 1 fully saturated rings. The molecule has 1 saturated carbocycles. The van der Waals surface area contributed by atoms with Crippen molar-refractivity contribution in [2.24, 2.45) is 5.92 Å². The molecule has 19 heavy (non-hydrogen) atoms. The van der Waals surface area contributed by atoms with E-state index >= 15 is 0 Å². The summed E-state index contributed by atoms with van der Waals surface area (Å²) in [5.74, 6) is -0.549. The lowest BCUT2D eigenvalue weighted by molar-refractivity contribution is -0.139. The van der Waals surface area contributed by atoms with E-state index in [4.69, 9.17) is 0 Å². The smallest absolute Gasteiger partial charge is 0.382 e. The van der Waals surface area contributed by atoms with Gasteiger partial charge in [0.05, 0.1) is 5.56 Å². The average Bonchev–Trinajstić information content (AvgIpc) is 2.33. The number of hydrogen-bond acceptors (Lipinski definition) is 1. The number of alkyl halides is 3. The zero-order chi connectivity index (χ0) is 14.0. The molecule has 106 valence electrons. The average molecular weight is 275 g/mol. The molecule has 5 heteroatoms. The van der Waals surface area contributed by atoms with Crippen LogP contribution >= 0.6 is 0 Å². The molecular formula is C14H17F4N. The number of rotatable bonds is 2. The lowest BCUT2D eigenvalue weighted by atomic mass is 9.87. The zero-order valence-corrected chi connectivity index (χ0v) is 10.7. The van der Waals surface area contributed by atoms with Gasteiger partial charge in [-0.1, -0.05) is 6.92 Å². The van der Waals surface area contributed by atoms with Crippen LogP contribution in [-0.2, 0) is 6.18 Å². The van der Waals surface area contributed by atoms with E-state index < -0.39 is 17.6 Å². The molecule has 0 spiro atoms. The molecule has 1 aliphatic carbocycles. The van der Waals surface area contributed by atoms with Crippen LogP contribution in [0.15, 0.2) is 18.2 Å². The predicted molar refractivity (Wildman–Crippen MR) is 66.4 cm³/mol. The third kappa shape index (κ3) is 3.61. The van der Waals surface area contributed by atoms with Crippen molar-refractivity contribution in [2.45, 2.75) is 44.8 Å². The van der Waals surface area contributed by atoms with Crippen LogP contribution in [0.2, 0.25) is 0 Å². The van der Waals surface area contributed by atoms with Crippen molar-refractivity contribution in [1.29, 1.82) is 0 Å². The van der Waals surface area contributed by atoms with Crippen LogP contribution in [0.3, 0.4) is 0 Å². The van der Waals surface area contributed by atoms with Crippen LogP contribution in [0, 0.1) is 11.7 Å². The summed E-state index contributed by atoms with van der Waals surface area (Å²) >= 11 is 0. The first-order valence-electron chi connectivity index (χ1n) is 6.49. The Bertz CT molecular complexity index is 434.